The summed E-state index contributed by atoms with van der Waals surface area (Å²) in [5, 5.41) is 0.757. The van der Waals surface area contributed by atoms with Crippen LogP contribution in [-0.2, 0) is 0 Å². The Morgan fingerprint density at radius 1 is 0.920 bits per heavy atom. The molecule has 2 aromatic carbocycles. The Morgan fingerprint density at radius 2 is 1.60 bits per heavy atom. The van der Waals surface area contributed by atoms with Gasteiger partial charge in [-0.05, 0) is 35.1 Å². The molecule has 0 heterocycles. The number of benzene rings is 2. The Kier molecular flexibility index (Phi) is 10.7. The summed E-state index contributed by atoms with van der Waals surface area (Å²) in [6.07, 6.45) is 10.4. The predicted molar refractivity (Wildman–Crippen MR) is 115 cm³/mol. The van der Waals surface area contributed by atoms with E-state index in [4.69, 9.17) is 11.6 Å². The summed E-state index contributed by atoms with van der Waals surface area (Å²) in [6.45, 7) is 12.0. The number of rotatable bonds is 8. The second-order valence-electron chi connectivity index (χ2n) is 6.35. The minimum Gasteiger partial charge on any atom is -0.0985 e. The fourth-order valence-electron chi connectivity index (χ4n) is 2.65. The third kappa shape index (κ3) is 8.23. The predicted octanol–water partition coefficient (Wildman–Crippen LogP) is 8.39. The zero-order chi connectivity index (χ0) is 18.5. The van der Waals surface area contributed by atoms with Crippen molar-refractivity contribution in [2.24, 2.45) is 0 Å². The molecule has 1 atom stereocenters. The summed E-state index contributed by atoms with van der Waals surface area (Å²) in [5.41, 5.74) is 3.66. The topological polar surface area (TPSA) is 0 Å². The average molecular weight is 355 g/mol. The van der Waals surface area contributed by atoms with Crippen LogP contribution >= 0.6 is 11.6 Å². The molecular weight excluding hydrogens is 324 g/mol. The van der Waals surface area contributed by atoms with Crippen molar-refractivity contribution in [3.05, 3.63) is 83.4 Å². The highest BCUT2D eigenvalue weighted by atomic mass is 35.5. The molecule has 134 valence electrons. The van der Waals surface area contributed by atoms with Crippen molar-refractivity contribution in [1.82, 2.24) is 0 Å². The lowest BCUT2D eigenvalue weighted by molar-refractivity contribution is 0.580. The van der Waals surface area contributed by atoms with Crippen LogP contribution in [-0.4, -0.2) is 0 Å². The maximum atomic E-state index is 5.75. The molecule has 0 aliphatic rings. The molecule has 2 rings (SSSR count). The lowest BCUT2D eigenvalue weighted by Gasteiger charge is -2.11. The van der Waals surface area contributed by atoms with Gasteiger partial charge in [0.1, 0.15) is 0 Å². The summed E-state index contributed by atoms with van der Waals surface area (Å²) in [6, 6.07) is 16.4. The van der Waals surface area contributed by atoms with Crippen LogP contribution in [0.2, 0.25) is 5.02 Å². The summed E-state index contributed by atoms with van der Waals surface area (Å²) in [5.74, 6) is 0.690. The molecule has 0 aliphatic carbocycles. The molecule has 0 fully saturated rings. The molecule has 0 N–H and O–H groups in total. The van der Waals surface area contributed by atoms with Gasteiger partial charge in [-0.15, -0.1) is 0 Å². The molecule has 0 nitrogen and oxygen atoms in total. The van der Waals surface area contributed by atoms with Crippen molar-refractivity contribution in [2.75, 3.05) is 0 Å². The van der Waals surface area contributed by atoms with Crippen LogP contribution in [0.1, 0.15) is 68.6 Å². The third-order valence-electron chi connectivity index (χ3n) is 4.36. The van der Waals surface area contributed by atoms with E-state index in [2.05, 4.69) is 51.3 Å². The van der Waals surface area contributed by atoms with E-state index in [9.17, 15) is 0 Å². The number of hydrogen-bond donors (Lipinski definition) is 0. The first-order valence-electron chi connectivity index (χ1n) is 9.21. The van der Waals surface area contributed by atoms with Crippen molar-refractivity contribution in [1.29, 1.82) is 0 Å². The first-order valence-corrected chi connectivity index (χ1v) is 9.59. The number of halogens is 1. The van der Waals surface area contributed by atoms with Crippen molar-refractivity contribution in [3.8, 4) is 0 Å². The van der Waals surface area contributed by atoms with E-state index >= 15 is 0 Å². The standard InChI is InChI=1S/C16H24.C8H7Cl/c1-4-6-7-8-9-14(3)16-12-10-15(5-2)11-13-16;1-2-7-5-3-4-6-8(7)9/h5,10-14H,2,4,6-9H2,1,3H3;2-6H,1H2. The fraction of sp³-hybridized carbons (Fsp3) is 0.333. The van der Waals surface area contributed by atoms with Crippen LogP contribution < -0.4 is 0 Å². The van der Waals surface area contributed by atoms with E-state index in [1.807, 2.05) is 30.3 Å². The van der Waals surface area contributed by atoms with E-state index < -0.39 is 0 Å². The average Bonchev–Trinajstić information content (AvgIpc) is 2.66. The lowest BCUT2D eigenvalue weighted by Crippen LogP contribution is -1.93. The van der Waals surface area contributed by atoms with Gasteiger partial charge in [0.2, 0.25) is 0 Å². The van der Waals surface area contributed by atoms with Gasteiger partial charge in [-0.3, -0.25) is 0 Å². The molecular formula is C24H31Cl. The van der Waals surface area contributed by atoms with E-state index in [1.54, 1.807) is 6.08 Å². The van der Waals surface area contributed by atoms with Crippen LogP contribution in [0, 0.1) is 0 Å². The summed E-state index contributed by atoms with van der Waals surface area (Å²) >= 11 is 5.75. The van der Waals surface area contributed by atoms with Crippen LogP contribution in [0.3, 0.4) is 0 Å². The van der Waals surface area contributed by atoms with E-state index in [0.717, 1.165) is 10.6 Å². The minimum atomic E-state index is 0.690. The molecule has 25 heavy (non-hydrogen) atoms. The Bertz CT molecular complexity index is 625. The van der Waals surface area contributed by atoms with Crippen molar-refractivity contribution in [3.63, 3.8) is 0 Å². The lowest BCUT2D eigenvalue weighted by atomic mass is 9.94. The van der Waals surface area contributed by atoms with Crippen LogP contribution in [0.4, 0.5) is 0 Å². The Labute approximate surface area is 159 Å². The molecule has 1 unspecified atom stereocenters. The van der Waals surface area contributed by atoms with Crippen molar-refractivity contribution >= 4 is 23.8 Å². The first-order chi connectivity index (χ1) is 12.1. The van der Waals surface area contributed by atoms with Gasteiger partial charge < -0.3 is 0 Å². The Balaban J connectivity index is 0.000000293. The molecule has 0 spiro atoms. The molecule has 1 heteroatoms. The van der Waals surface area contributed by atoms with Gasteiger partial charge in [0.05, 0.1) is 0 Å². The second kappa shape index (κ2) is 12.6. The van der Waals surface area contributed by atoms with Gasteiger partial charge in [-0.2, -0.15) is 0 Å². The molecule has 0 amide bonds. The van der Waals surface area contributed by atoms with Crippen LogP contribution in [0.5, 0.6) is 0 Å². The van der Waals surface area contributed by atoms with Gasteiger partial charge in [-0.25, -0.2) is 0 Å². The van der Waals surface area contributed by atoms with Crippen molar-refractivity contribution < 1.29 is 0 Å². The van der Waals surface area contributed by atoms with Crippen molar-refractivity contribution in [2.45, 2.75) is 51.9 Å². The smallest absolute Gasteiger partial charge is 0.0478 e. The highest BCUT2D eigenvalue weighted by Gasteiger charge is 2.04. The van der Waals surface area contributed by atoms with E-state index in [-0.39, 0.29) is 0 Å². The highest BCUT2D eigenvalue weighted by molar-refractivity contribution is 6.32. The molecule has 0 bridgehead atoms. The van der Waals surface area contributed by atoms with E-state index in [0.29, 0.717) is 5.92 Å². The normalized spacial score (nSPS) is 11.2. The SMILES string of the molecule is C=Cc1ccc(C(C)CCCCCC)cc1.C=Cc1ccccc1Cl. The maximum Gasteiger partial charge on any atom is 0.0478 e. The van der Waals surface area contributed by atoms with Gasteiger partial charge in [0, 0.05) is 5.02 Å². The zero-order valence-electron chi connectivity index (χ0n) is 15.7. The van der Waals surface area contributed by atoms with Gasteiger partial charge in [0.25, 0.3) is 0 Å². The Morgan fingerprint density at radius 3 is 2.12 bits per heavy atom. The van der Waals surface area contributed by atoms with Gasteiger partial charge in [-0.1, -0.05) is 119 Å². The molecule has 0 saturated heterocycles. The maximum absolute atomic E-state index is 5.75. The number of unbranched alkanes of at least 4 members (excludes halogenated alkanes) is 3. The van der Waals surface area contributed by atoms with Gasteiger partial charge in [0.15, 0.2) is 0 Å². The molecule has 0 aromatic heterocycles. The van der Waals surface area contributed by atoms with E-state index in [1.165, 1.54) is 43.2 Å². The summed E-state index contributed by atoms with van der Waals surface area (Å²) < 4.78 is 0. The fourth-order valence-corrected chi connectivity index (χ4v) is 2.86. The largest absolute Gasteiger partial charge is 0.0985 e. The van der Waals surface area contributed by atoms with Crippen LogP contribution in [0.25, 0.3) is 12.2 Å². The minimum absolute atomic E-state index is 0.690. The Hall–Kier alpha value is -1.79. The van der Waals surface area contributed by atoms with Crippen LogP contribution in [0.15, 0.2) is 61.7 Å². The molecule has 0 aliphatic heterocycles. The summed E-state index contributed by atoms with van der Waals surface area (Å²) in [7, 11) is 0. The molecule has 0 radical (unpaired) electrons. The zero-order valence-corrected chi connectivity index (χ0v) is 16.4. The second-order valence-corrected chi connectivity index (χ2v) is 6.75. The summed E-state index contributed by atoms with van der Waals surface area (Å²) in [4.78, 5) is 0. The number of hydrogen-bond acceptors (Lipinski definition) is 0. The first kappa shape index (κ1) is 21.3. The highest BCUT2D eigenvalue weighted by Crippen LogP contribution is 2.22. The third-order valence-corrected chi connectivity index (χ3v) is 4.70. The van der Waals surface area contributed by atoms with Gasteiger partial charge >= 0.3 is 0 Å². The quantitative estimate of drug-likeness (QED) is 0.417. The monoisotopic (exact) mass is 354 g/mol. The molecule has 2 aromatic rings. The molecule has 0 saturated carbocycles.